The van der Waals surface area contributed by atoms with E-state index in [1.165, 1.54) is 25.9 Å². The van der Waals surface area contributed by atoms with Gasteiger partial charge >= 0.3 is 0 Å². The summed E-state index contributed by atoms with van der Waals surface area (Å²) in [6.45, 7) is 5.18. The highest BCUT2D eigenvalue weighted by Crippen LogP contribution is 2.14. The molecule has 78 valence electrons. The highest BCUT2D eigenvalue weighted by atomic mass is 16.5. The molecule has 1 atom stereocenters. The predicted octanol–water partition coefficient (Wildman–Crippen LogP) is 0.834. The third-order valence-electron chi connectivity index (χ3n) is 2.66. The molecule has 1 fully saturated rings. The lowest BCUT2D eigenvalue weighted by Gasteiger charge is -2.30. The van der Waals surface area contributed by atoms with Gasteiger partial charge in [0.2, 0.25) is 0 Å². The molecule has 0 saturated carbocycles. The molecule has 0 spiro atoms. The Labute approximate surface area is 81.2 Å². The van der Waals surface area contributed by atoms with E-state index in [0.29, 0.717) is 12.2 Å². The van der Waals surface area contributed by atoms with Crippen molar-refractivity contribution >= 4 is 0 Å². The Kier molecular flexibility index (Phi) is 4.70. The lowest BCUT2D eigenvalue weighted by atomic mass is 10.1. The van der Waals surface area contributed by atoms with E-state index in [1.54, 1.807) is 0 Å². The molecule has 1 saturated heterocycles. The number of hydrogen-bond donors (Lipinski definition) is 1. The van der Waals surface area contributed by atoms with Crippen LogP contribution < -0.4 is 5.73 Å². The van der Waals surface area contributed by atoms with Crippen molar-refractivity contribution in [1.82, 2.24) is 4.90 Å². The van der Waals surface area contributed by atoms with Gasteiger partial charge in [-0.05, 0) is 39.8 Å². The number of nitrogens with two attached hydrogens (primary N) is 1. The molecule has 1 heterocycles. The fourth-order valence-electron chi connectivity index (χ4n) is 1.75. The second-order valence-electron chi connectivity index (χ2n) is 4.03. The third-order valence-corrected chi connectivity index (χ3v) is 2.66. The number of nitrogens with zero attached hydrogens (tertiary/aromatic N) is 1. The van der Waals surface area contributed by atoms with Gasteiger partial charge in [0.15, 0.2) is 0 Å². The molecule has 0 aromatic carbocycles. The number of piperidine rings is 1. The first-order chi connectivity index (χ1) is 6.22. The topological polar surface area (TPSA) is 38.5 Å². The van der Waals surface area contributed by atoms with Gasteiger partial charge in [-0.3, -0.25) is 0 Å². The first kappa shape index (κ1) is 11.0. The Morgan fingerprint density at radius 3 is 2.62 bits per heavy atom. The maximum atomic E-state index is 5.87. The third kappa shape index (κ3) is 4.07. The molecule has 3 nitrogen and oxygen atoms in total. The minimum Gasteiger partial charge on any atom is -0.375 e. The van der Waals surface area contributed by atoms with E-state index in [-0.39, 0.29) is 0 Å². The quantitative estimate of drug-likeness (QED) is 0.707. The Bertz CT molecular complexity index is 133. The second kappa shape index (κ2) is 5.58. The van der Waals surface area contributed by atoms with Crippen molar-refractivity contribution in [2.24, 2.45) is 5.73 Å². The molecule has 1 unspecified atom stereocenters. The van der Waals surface area contributed by atoms with Crippen molar-refractivity contribution in [2.45, 2.75) is 38.4 Å². The molecule has 0 bridgehead atoms. The van der Waals surface area contributed by atoms with Crippen molar-refractivity contribution in [3.63, 3.8) is 0 Å². The van der Waals surface area contributed by atoms with E-state index in [1.807, 2.05) is 0 Å². The van der Waals surface area contributed by atoms with Gasteiger partial charge in [-0.1, -0.05) is 0 Å². The lowest BCUT2D eigenvalue weighted by Crippen LogP contribution is -2.36. The van der Waals surface area contributed by atoms with Crippen LogP contribution in [0, 0.1) is 0 Å². The maximum absolute atomic E-state index is 5.87. The minimum atomic E-state index is 0.332. The van der Waals surface area contributed by atoms with Crippen molar-refractivity contribution in [2.75, 3.05) is 26.7 Å². The first-order valence-corrected chi connectivity index (χ1v) is 5.26. The van der Waals surface area contributed by atoms with Gasteiger partial charge in [0, 0.05) is 13.1 Å². The Balaban J connectivity index is 2.14. The molecule has 0 radical (unpaired) electrons. The normalized spacial score (nSPS) is 23.3. The summed E-state index contributed by atoms with van der Waals surface area (Å²) < 4.78 is 5.87. The van der Waals surface area contributed by atoms with Crippen LogP contribution in [0.1, 0.15) is 26.2 Å². The highest BCUT2D eigenvalue weighted by Gasteiger charge is 2.18. The van der Waals surface area contributed by atoms with Crippen LogP contribution in [0.5, 0.6) is 0 Å². The molecule has 1 aliphatic rings. The van der Waals surface area contributed by atoms with E-state index < -0.39 is 0 Å². The van der Waals surface area contributed by atoms with Gasteiger partial charge in [-0.15, -0.1) is 0 Å². The Morgan fingerprint density at radius 1 is 1.46 bits per heavy atom. The SMILES string of the molecule is CC(CCN)OC1CCN(C)CC1. The summed E-state index contributed by atoms with van der Waals surface area (Å²) in [5.41, 5.74) is 5.47. The molecule has 13 heavy (non-hydrogen) atoms. The Morgan fingerprint density at radius 2 is 2.08 bits per heavy atom. The smallest absolute Gasteiger partial charge is 0.0603 e. The molecule has 0 aromatic rings. The Hall–Kier alpha value is -0.120. The van der Waals surface area contributed by atoms with Gasteiger partial charge in [-0.2, -0.15) is 0 Å². The van der Waals surface area contributed by atoms with Gasteiger partial charge in [0.05, 0.1) is 12.2 Å². The summed E-state index contributed by atoms with van der Waals surface area (Å²) in [4.78, 5) is 2.35. The molecular formula is C10H22N2O. The fraction of sp³-hybridized carbons (Fsp3) is 1.00. The molecular weight excluding hydrogens is 164 g/mol. The molecule has 2 N–H and O–H groups in total. The number of likely N-dealkylation sites (tertiary alicyclic amines) is 1. The van der Waals surface area contributed by atoms with Crippen LogP contribution in [0.2, 0.25) is 0 Å². The van der Waals surface area contributed by atoms with Crippen molar-refractivity contribution in [3.05, 3.63) is 0 Å². The molecule has 1 aliphatic heterocycles. The summed E-state index contributed by atoms with van der Waals surface area (Å²) in [6, 6.07) is 0. The monoisotopic (exact) mass is 186 g/mol. The van der Waals surface area contributed by atoms with E-state index in [4.69, 9.17) is 10.5 Å². The van der Waals surface area contributed by atoms with Crippen molar-refractivity contribution < 1.29 is 4.74 Å². The lowest BCUT2D eigenvalue weighted by molar-refractivity contribution is -0.0333. The number of rotatable bonds is 4. The zero-order valence-corrected chi connectivity index (χ0v) is 8.83. The van der Waals surface area contributed by atoms with Crippen LogP contribution >= 0.6 is 0 Å². The van der Waals surface area contributed by atoms with Crippen molar-refractivity contribution in [1.29, 1.82) is 0 Å². The van der Waals surface area contributed by atoms with Crippen molar-refractivity contribution in [3.8, 4) is 0 Å². The predicted molar refractivity (Wildman–Crippen MR) is 54.7 cm³/mol. The largest absolute Gasteiger partial charge is 0.375 e. The summed E-state index contributed by atoms with van der Waals surface area (Å²) in [6.07, 6.45) is 4.12. The second-order valence-corrected chi connectivity index (χ2v) is 4.03. The van der Waals surface area contributed by atoms with Gasteiger partial charge in [-0.25, -0.2) is 0 Å². The highest BCUT2D eigenvalue weighted by molar-refractivity contribution is 4.71. The molecule has 3 heteroatoms. The first-order valence-electron chi connectivity index (χ1n) is 5.26. The van der Waals surface area contributed by atoms with Crippen LogP contribution in [0.15, 0.2) is 0 Å². The van der Waals surface area contributed by atoms with E-state index in [0.717, 1.165) is 13.0 Å². The maximum Gasteiger partial charge on any atom is 0.0603 e. The molecule has 1 rings (SSSR count). The van der Waals surface area contributed by atoms with Gasteiger partial charge in [0.25, 0.3) is 0 Å². The minimum absolute atomic E-state index is 0.332. The number of ether oxygens (including phenoxy) is 1. The van der Waals surface area contributed by atoms with Crippen LogP contribution in [0.3, 0.4) is 0 Å². The molecule has 0 aliphatic carbocycles. The van der Waals surface area contributed by atoms with Gasteiger partial charge in [0.1, 0.15) is 0 Å². The standard InChI is InChI=1S/C10H22N2O/c1-9(3-6-11)13-10-4-7-12(2)8-5-10/h9-10H,3-8,11H2,1-2H3. The zero-order valence-electron chi connectivity index (χ0n) is 8.83. The van der Waals surface area contributed by atoms with Gasteiger partial charge < -0.3 is 15.4 Å². The molecule has 0 amide bonds. The van der Waals surface area contributed by atoms with E-state index >= 15 is 0 Å². The van der Waals surface area contributed by atoms with Crippen LogP contribution in [-0.4, -0.2) is 43.8 Å². The fourth-order valence-corrected chi connectivity index (χ4v) is 1.75. The molecule has 0 aromatic heterocycles. The van der Waals surface area contributed by atoms with Crippen LogP contribution in [0.4, 0.5) is 0 Å². The summed E-state index contributed by atoms with van der Waals surface area (Å²) in [5, 5.41) is 0. The average Bonchev–Trinajstić information content (AvgIpc) is 2.09. The summed E-state index contributed by atoms with van der Waals surface area (Å²) in [7, 11) is 2.17. The van der Waals surface area contributed by atoms with Crippen LogP contribution in [-0.2, 0) is 4.74 Å². The van der Waals surface area contributed by atoms with E-state index in [9.17, 15) is 0 Å². The van der Waals surface area contributed by atoms with Crippen LogP contribution in [0.25, 0.3) is 0 Å². The number of hydrogen-bond acceptors (Lipinski definition) is 3. The summed E-state index contributed by atoms with van der Waals surface area (Å²) in [5.74, 6) is 0. The average molecular weight is 186 g/mol. The summed E-state index contributed by atoms with van der Waals surface area (Å²) >= 11 is 0. The zero-order chi connectivity index (χ0) is 9.68. The van der Waals surface area contributed by atoms with E-state index in [2.05, 4.69) is 18.9 Å².